The van der Waals surface area contributed by atoms with Gasteiger partial charge in [-0.05, 0) is 30.7 Å². The van der Waals surface area contributed by atoms with E-state index in [1.165, 1.54) is 0 Å². The Morgan fingerprint density at radius 1 is 0.542 bits per heavy atom. The van der Waals surface area contributed by atoms with Gasteiger partial charge < -0.3 is 33.2 Å². The molecule has 1 heterocycles. The molecule has 338 valence electrons. The fraction of sp³-hybridized carbons (Fsp3) is 0.677. The van der Waals surface area contributed by atoms with Crippen molar-refractivity contribution < 1.29 is 127 Å². The minimum Gasteiger partial charge on any atom is -0.494 e. The molecule has 28 heteroatoms. The molecule has 0 spiro atoms. The van der Waals surface area contributed by atoms with Crippen LogP contribution in [-0.4, -0.2) is 115 Å². The maximum Gasteiger partial charge on any atom is 0.460 e. The first-order chi connectivity index (χ1) is 26.5. The normalized spacial score (nSPS) is 21.3. The van der Waals surface area contributed by atoms with Crippen LogP contribution in [0.4, 0.5) is 74.6 Å². The van der Waals surface area contributed by atoms with Crippen LogP contribution in [0.25, 0.3) is 0 Å². The summed E-state index contributed by atoms with van der Waals surface area (Å²) in [4.78, 5) is 47.2. The summed E-state index contributed by atoms with van der Waals surface area (Å²) in [6.07, 6.45) is -20.3. The fourth-order valence-electron chi connectivity index (χ4n) is 4.87. The van der Waals surface area contributed by atoms with Gasteiger partial charge in [0.1, 0.15) is 24.2 Å². The first kappa shape index (κ1) is 50.6. The topological polar surface area (TPSA) is 133 Å². The van der Waals surface area contributed by atoms with Crippen molar-refractivity contribution in [3.05, 3.63) is 24.3 Å². The summed E-state index contributed by atoms with van der Waals surface area (Å²) < 4.78 is 266. The van der Waals surface area contributed by atoms with E-state index in [2.05, 4.69) is 0 Å². The highest BCUT2D eigenvalue weighted by molar-refractivity contribution is 5.68. The van der Waals surface area contributed by atoms with Crippen molar-refractivity contribution >= 4 is 23.9 Å². The molecule has 5 atom stereocenters. The Labute approximate surface area is 319 Å². The summed E-state index contributed by atoms with van der Waals surface area (Å²) in [5, 5.41) is 0. The minimum atomic E-state index is -8.73. The van der Waals surface area contributed by atoms with E-state index in [0.717, 1.165) is 52.0 Å². The largest absolute Gasteiger partial charge is 0.494 e. The van der Waals surface area contributed by atoms with Gasteiger partial charge >= 0.3 is 71.5 Å². The third kappa shape index (κ3) is 10.3. The molecule has 0 unspecified atom stereocenters. The Morgan fingerprint density at radius 2 is 0.949 bits per heavy atom. The lowest BCUT2D eigenvalue weighted by Crippen LogP contribution is -2.74. The number of esters is 4. The predicted octanol–water partition coefficient (Wildman–Crippen LogP) is 7.32. The lowest BCUT2D eigenvalue weighted by atomic mass is 9.88. The van der Waals surface area contributed by atoms with Crippen LogP contribution in [0, 0.1) is 0 Å². The van der Waals surface area contributed by atoms with E-state index in [1.807, 2.05) is 0 Å². The maximum atomic E-state index is 14.2. The molecule has 59 heavy (non-hydrogen) atoms. The molecule has 0 aliphatic carbocycles. The lowest BCUT2D eigenvalue weighted by molar-refractivity contribution is -0.461. The van der Waals surface area contributed by atoms with E-state index >= 15 is 0 Å². The van der Waals surface area contributed by atoms with Crippen LogP contribution in [0.5, 0.6) is 11.5 Å². The Bertz CT molecular complexity index is 1650. The molecule has 11 nitrogen and oxygen atoms in total. The number of halogens is 17. The Morgan fingerprint density at radius 3 is 1.39 bits per heavy atom. The van der Waals surface area contributed by atoms with Crippen molar-refractivity contribution in [2.24, 2.45) is 0 Å². The van der Waals surface area contributed by atoms with Gasteiger partial charge in [-0.25, -0.2) is 0 Å². The number of benzene rings is 1. The van der Waals surface area contributed by atoms with E-state index in [4.69, 9.17) is 33.2 Å². The van der Waals surface area contributed by atoms with Gasteiger partial charge in [0.05, 0.1) is 6.61 Å². The highest BCUT2D eigenvalue weighted by atomic mass is 19.4. The van der Waals surface area contributed by atoms with Gasteiger partial charge in [0, 0.05) is 34.1 Å². The summed E-state index contributed by atoms with van der Waals surface area (Å²) in [5.74, 6) is -61.6. The third-order valence-corrected chi connectivity index (χ3v) is 7.72. The Kier molecular flexibility index (Phi) is 15.1. The number of alkyl halides is 17. The fourth-order valence-corrected chi connectivity index (χ4v) is 4.87. The average molecular weight is 901 g/mol. The molecular weight excluding hydrogens is 871 g/mol. The number of hydrogen-bond donors (Lipinski definition) is 0. The van der Waals surface area contributed by atoms with Gasteiger partial charge in [-0.2, -0.15) is 74.6 Å². The second-order valence-electron chi connectivity index (χ2n) is 12.3. The Balaban J connectivity index is 2.25. The van der Waals surface area contributed by atoms with Crippen LogP contribution in [0.2, 0.25) is 0 Å². The molecule has 0 saturated carbocycles. The summed E-state index contributed by atoms with van der Waals surface area (Å²) in [5.41, 5.74) is 0. The molecule has 1 fully saturated rings. The molecule has 1 aliphatic rings. The average Bonchev–Trinajstić information content (AvgIpc) is 3.07. The zero-order chi connectivity index (χ0) is 46.0. The summed E-state index contributed by atoms with van der Waals surface area (Å²) >= 11 is 0. The van der Waals surface area contributed by atoms with E-state index in [0.29, 0.717) is 0 Å². The molecule has 0 bridgehead atoms. The molecule has 0 aromatic heterocycles. The van der Waals surface area contributed by atoms with Crippen LogP contribution in [0.1, 0.15) is 40.5 Å². The van der Waals surface area contributed by atoms with Crippen LogP contribution in [0.3, 0.4) is 0 Å². The van der Waals surface area contributed by atoms with Gasteiger partial charge in [0.2, 0.25) is 12.4 Å². The van der Waals surface area contributed by atoms with Gasteiger partial charge in [-0.1, -0.05) is 0 Å². The molecule has 1 saturated heterocycles. The highest BCUT2D eigenvalue weighted by Gasteiger charge is 2.95. The standard InChI is InChI=1S/C31H29F17O11/c1-13(49)54-12-19-20(55-14(2)50)21(56-15(3)51)22(57-16(4)52)23(59-19)58-18-8-6-17(7-9-18)53-11-5-10-24(32,33)25(34,35)26(36,37)27(38,39)28(40,41)29(42,43)30(44,45)31(46,47)48/h6-9,19-23H,5,10-12H2,1-4H3/t19-,20+,21+,22-,23-/m1/s1. The second kappa shape index (κ2) is 17.6. The summed E-state index contributed by atoms with van der Waals surface area (Å²) in [6.45, 7) is 1.89. The molecule has 1 aromatic carbocycles. The molecule has 0 N–H and O–H groups in total. The first-order valence-corrected chi connectivity index (χ1v) is 15.9. The van der Waals surface area contributed by atoms with E-state index in [-0.39, 0.29) is 5.75 Å². The van der Waals surface area contributed by atoms with Crippen molar-refractivity contribution in [1.29, 1.82) is 0 Å². The monoisotopic (exact) mass is 900 g/mol. The third-order valence-electron chi connectivity index (χ3n) is 7.72. The van der Waals surface area contributed by atoms with Gasteiger partial charge in [-0.15, -0.1) is 0 Å². The van der Waals surface area contributed by atoms with Crippen molar-refractivity contribution in [2.75, 3.05) is 13.2 Å². The number of rotatable bonds is 18. The van der Waals surface area contributed by atoms with Crippen molar-refractivity contribution in [1.82, 2.24) is 0 Å². The van der Waals surface area contributed by atoms with Gasteiger partial charge in [0.25, 0.3) is 0 Å². The molecule has 1 aliphatic heterocycles. The number of ether oxygens (including phenoxy) is 7. The first-order valence-electron chi connectivity index (χ1n) is 15.9. The van der Waals surface area contributed by atoms with E-state index < -0.39 is 134 Å². The van der Waals surface area contributed by atoms with Crippen molar-refractivity contribution in [3.63, 3.8) is 0 Å². The SMILES string of the molecule is CC(=O)OC[C@H]1O[C@@H](Oc2ccc(OCCCC(F)(F)C(F)(F)C(F)(F)C(F)(F)C(F)(F)C(F)(F)C(F)(F)C(F)(F)F)cc2)[C@H](OC(C)=O)[C@@H](OC(C)=O)[C@H]1OC(C)=O. The smallest absolute Gasteiger partial charge is 0.460 e. The van der Waals surface area contributed by atoms with Crippen LogP contribution < -0.4 is 9.47 Å². The lowest BCUT2D eigenvalue weighted by Gasteiger charge is -2.43. The molecule has 1 aromatic rings. The van der Waals surface area contributed by atoms with E-state index in [1.54, 1.807) is 0 Å². The van der Waals surface area contributed by atoms with Crippen LogP contribution >= 0.6 is 0 Å². The van der Waals surface area contributed by atoms with E-state index in [9.17, 15) is 93.8 Å². The van der Waals surface area contributed by atoms with Crippen LogP contribution in [0.15, 0.2) is 24.3 Å². The zero-order valence-electron chi connectivity index (χ0n) is 29.9. The van der Waals surface area contributed by atoms with Crippen molar-refractivity contribution in [3.8, 4) is 11.5 Å². The molecule has 2 rings (SSSR count). The zero-order valence-corrected chi connectivity index (χ0v) is 29.9. The van der Waals surface area contributed by atoms with Crippen LogP contribution in [-0.2, 0) is 42.9 Å². The number of carbonyl (C=O) groups excluding carboxylic acids is 4. The summed E-state index contributed by atoms with van der Waals surface area (Å²) in [6, 6.07) is 3.79. The number of hydrogen-bond acceptors (Lipinski definition) is 11. The molecule has 0 amide bonds. The van der Waals surface area contributed by atoms with Gasteiger partial charge in [-0.3, -0.25) is 19.2 Å². The highest BCUT2D eigenvalue weighted by Crippen LogP contribution is 2.64. The number of carbonyl (C=O) groups is 4. The quantitative estimate of drug-likeness (QED) is 0.0636. The van der Waals surface area contributed by atoms with Gasteiger partial charge in [0.15, 0.2) is 12.2 Å². The predicted molar refractivity (Wildman–Crippen MR) is 154 cm³/mol. The second-order valence-corrected chi connectivity index (χ2v) is 12.3. The summed E-state index contributed by atoms with van der Waals surface area (Å²) in [7, 11) is 0. The maximum absolute atomic E-state index is 14.2. The van der Waals surface area contributed by atoms with Crippen molar-refractivity contribution in [2.45, 2.75) is 119 Å². The molecular formula is C31H29F17O11. The minimum absolute atomic E-state index is 0.261. The Hall–Kier alpha value is -4.53. The molecule has 0 radical (unpaired) electrons.